The monoisotopic (exact) mass is 475 g/mol. The summed E-state index contributed by atoms with van der Waals surface area (Å²) in [6, 6.07) is 14.9. The molecule has 0 bridgehead atoms. The summed E-state index contributed by atoms with van der Waals surface area (Å²) in [6.07, 6.45) is 0.00638. The molecule has 0 aliphatic rings. The van der Waals surface area contributed by atoms with Crippen LogP contribution < -0.4 is 15.5 Å². The minimum Gasteiger partial charge on any atom is -0.497 e. The van der Waals surface area contributed by atoms with Crippen molar-refractivity contribution in [2.75, 3.05) is 17.9 Å². The molecule has 0 aliphatic heterocycles. The highest BCUT2D eigenvalue weighted by molar-refractivity contribution is 6.43. The Kier molecular flexibility index (Phi) is 7.40. The SMILES string of the molecule is COc1ccc(-c2ccc(CCC(=O)O)n2NC(=O)C(=O)Nc2cc(Cl)cc(Cl)c2)cc1. The van der Waals surface area contributed by atoms with Gasteiger partial charge < -0.3 is 15.2 Å². The third-order valence-electron chi connectivity index (χ3n) is 4.48. The van der Waals surface area contributed by atoms with Crippen LogP contribution >= 0.6 is 23.2 Å². The quantitative estimate of drug-likeness (QED) is 0.443. The van der Waals surface area contributed by atoms with Crippen molar-refractivity contribution in [1.82, 2.24) is 4.68 Å². The molecule has 3 N–H and O–H groups in total. The predicted octanol–water partition coefficient (Wildman–Crippen LogP) is 4.20. The number of methoxy groups -OCH3 is 1. The van der Waals surface area contributed by atoms with E-state index < -0.39 is 17.8 Å². The normalized spacial score (nSPS) is 10.5. The Morgan fingerprint density at radius 3 is 2.22 bits per heavy atom. The van der Waals surface area contributed by atoms with Gasteiger partial charge in [-0.25, -0.2) is 0 Å². The Labute approximate surface area is 193 Å². The molecule has 0 saturated heterocycles. The summed E-state index contributed by atoms with van der Waals surface area (Å²) in [6.45, 7) is 0. The summed E-state index contributed by atoms with van der Waals surface area (Å²) in [4.78, 5) is 36.1. The number of hydrogen-bond acceptors (Lipinski definition) is 4. The second kappa shape index (κ2) is 10.2. The van der Waals surface area contributed by atoms with Crippen LogP contribution in [0, 0.1) is 0 Å². The first-order valence-electron chi connectivity index (χ1n) is 9.42. The fourth-order valence-electron chi connectivity index (χ4n) is 2.99. The topological polar surface area (TPSA) is 110 Å². The van der Waals surface area contributed by atoms with Crippen LogP contribution in [0.25, 0.3) is 11.3 Å². The second-order valence-corrected chi connectivity index (χ2v) is 7.59. The average Bonchev–Trinajstić information content (AvgIpc) is 3.13. The number of nitrogens with one attached hydrogen (secondary N) is 2. The van der Waals surface area contributed by atoms with Gasteiger partial charge in [-0.05, 0) is 54.6 Å². The Bertz CT molecular complexity index is 1140. The summed E-state index contributed by atoms with van der Waals surface area (Å²) in [5, 5.41) is 12.1. The van der Waals surface area contributed by atoms with E-state index in [1.54, 1.807) is 43.5 Å². The lowest BCUT2D eigenvalue weighted by molar-refractivity contribution is -0.137. The Morgan fingerprint density at radius 1 is 0.969 bits per heavy atom. The largest absolute Gasteiger partial charge is 0.497 e. The maximum atomic E-state index is 12.6. The zero-order chi connectivity index (χ0) is 23.3. The fourth-order valence-corrected chi connectivity index (χ4v) is 3.52. The third-order valence-corrected chi connectivity index (χ3v) is 4.92. The van der Waals surface area contributed by atoms with Crippen molar-refractivity contribution in [3.05, 3.63) is 70.3 Å². The Hall–Kier alpha value is -3.49. The molecule has 0 radical (unpaired) electrons. The standard InChI is InChI=1S/C22H19Cl2N3O5/c1-32-18-6-2-13(3-7-18)19-8-4-17(5-9-20(28)29)27(19)26-22(31)21(30)25-16-11-14(23)10-15(24)12-16/h2-4,6-8,10-12H,5,9H2,1H3,(H,25,30)(H,26,31)(H,28,29). The number of anilines is 1. The first-order chi connectivity index (χ1) is 15.3. The number of carbonyl (C=O) groups is 3. The first-order valence-corrected chi connectivity index (χ1v) is 10.2. The van der Waals surface area contributed by atoms with Crippen molar-refractivity contribution in [2.24, 2.45) is 0 Å². The Balaban J connectivity index is 1.86. The van der Waals surface area contributed by atoms with Gasteiger partial charge in [-0.2, -0.15) is 0 Å². The lowest BCUT2D eigenvalue weighted by Gasteiger charge is -2.15. The molecular weight excluding hydrogens is 457 g/mol. The van der Waals surface area contributed by atoms with E-state index in [2.05, 4.69) is 10.7 Å². The highest BCUT2D eigenvalue weighted by Gasteiger charge is 2.19. The lowest BCUT2D eigenvalue weighted by Crippen LogP contribution is -2.35. The van der Waals surface area contributed by atoms with Gasteiger partial charge in [0.15, 0.2) is 0 Å². The molecule has 0 fully saturated rings. The van der Waals surface area contributed by atoms with Crippen molar-refractivity contribution >= 4 is 46.7 Å². The molecule has 0 atom stereocenters. The molecule has 2 aromatic carbocycles. The van der Waals surface area contributed by atoms with Gasteiger partial charge in [0.2, 0.25) is 0 Å². The molecule has 32 heavy (non-hydrogen) atoms. The van der Waals surface area contributed by atoms with Crippen molar-refractivity contribution < 1.29 is 24.2 Å². The van der Waals surface area contributed by atoms with Crippen molar-refractivity contribution in [1.29, 1.82) is 0 Å². The number of nitrogens with zero attached hydrogens (tertiary/aromatic N) is 1. The van der Waals surface area contributed by atoms with Crippen molar-refractivity contribution in [2.45, 2.75) is 12.8 Å². The van der Waals surface area contributed by atoms with Crippen LogP contribution in [-0.2, 0) is 20.8 Å². The summed E-state index contributed by atoms with van der Waals surface area (Å²) in [7, 11) is 1.55. The van der Waals surface area contributed by atoms with Crippen molar-refractivity contribution in [3.8, 4) is 17.0 Å². The summed E-state index contributed by atoms with van der Waals surface area (Å²) >= 11 is 11.8. The van der Waals surface area contributed by atoms with Crippen LogP contribution in [0.3, 0.4) is 0 Å². The van der Waals surface area contributed by atoms with Gasteiger partial charge in [0.05, 0.1) is 19.2 Å². The zero-order valence-corrected chi connectivity index (χ0v) is 18.4. The number of carboxylic acid groups (broad SMARTS) is 1. The smallest absolute Gasteiger partial charge is 0.328 e. The van der Waals surface area contributed by atoms with Crippen LogP contribution in [0.15, 0.2) is 54.6 Å². The number of ether oxygens (including phenoxy) is 1. The number of hydrogen-bond donors (Lipinski definition) is 3. The minimum absolute atomic E-state index is 0.144. The first kappa shape index (κ1) is 23.2. The summed E-state index contributed by atoms with van der Waals surface area (Å²) < 4.78 is 6.56. The molecule has 10 heteroatoms. The molecule has 3 aromatic rings. The number of aryl methyl sites for hydroxylation is 1. The number of aromatic nitrogens is 1. The number of carbonyl (C=O) groups excluding carboxylic acids is 2. The molecule has 8 nitrogen and oxygen atoms in total. The number of amides is 2. The van der Waals surface area contributed by atoms with Crippen LogP contribution in [0.2, 0.25) is 10.0 Å². The van der Waals surface area contributed by atoms with Gasteiger partial charge in [-0.1, -0.05) is 23.2 Å². The maximum absolute atomic E-state index is 12.6. The van der Waals surface area contributed by atoms with E-state index in [4.69, 9.17) is 33.0 Å². The number of carboxylic acids is 1. The molecule has 0 aliphatic carbocycles. The molecule has 0 spiro atoms. The van der Waals surface area contributed by atoms with Crippen LogP contribution in [0.5, 0.6) is 5.75 Å². The molecule has 1 aromatic heterocycles. The number of benzene rings is 2. The van der Waals surface area contributed by atoms with E-state index in [-0.39, 0.29) is 18.5 Å². The van der Waals surface area contributed by atoms with E-state index in [9.17, 15) is 14.4 Å². The van der Waals surface area contributed by atoms with Gasteiger partial charge >= 0.3 is 17.8 Å². The maximum Gasteiger partial charge on any atom is 0.328 e. The lowest BCUT2D eigenvalue weighted by atomic mass is 10.1. The van der Waals surface area contributed by atoms with Crippen LogP contribution in [0.4, 0.5) is 5.69 Å². The summed E-state index contributed by atoms with van der Waals surface area (Å²) in [5.74, 6) is -2.22. The highest BCUT2D eigenvalue weighted by atomic mass is 35.5. The molecular formula is C22H19Cl2N3O5. The van der Waals surface area contributed by atoms with Gasteiger partial charge in [0.1, 0.15) is 5.75 Å². The van der Waals surface area contributed by atoms with E-state index in [0.717, 1.165) is 5.56 Å². The van der Waals surface area contributed by atoms with Gasteiger partial charge in [0.25, 0.3) is 0 Å². The number of rotatable bonds is 7. The van der Waals surface area contributed by atoms with E-state index in [1.165, 1.54) is 22.9 Å². The molecule has 166 valence electrons. The molecule has 1 heterocycles. The zero-order valence-electron chi connectivity index (χ0n) is 16.9. The minimum atomic E-state index is -0.981. The van der Waals surface area contributed by atoms with Gasteiger partial charge in [0, 0.05) is 33.4 Å². The molecule has 3 rings (SSSR count). The van der Waals surface area contributed by atoms with E-state index in [1.807, 2.05) is 0 Å². The molecule has 0 unspecified atom stereocenters. The molecule has 2 amide bonds. The number of halogens is 2. The van der Waals surface area contributed by atoms with E-state index >= 15 is 0 Å². The van der Waals surface area contributed by atoms with Gasteiger partial charge in [-0.3, -0.25) is 24.5 Å². The van der Waals surface area contributed by atoms with Gasteiger partial charge in [-0.15, -0.1) is 0 Å². The summed E-state index contributed by atoms with van der Waals surface area (Å²) in [5.41, 5.74) is 4.61. The third kappa shape index (κ3) is 5.81. The second-order valence-electron chi connectivity index (χ2n) is 6.72. The fraction of sp³-hybridized carbons (Fsp3) is 0.136. The van der Waals surface area contributed by atoms with E-state index in [0.29, 0.717) is 27.2 Å². The van der Waals surface area contributed by atoms with Crippen LogP contribution in [-0.4, -0.2) is 34.7 Å². The predicted molar refractivity (Wildman–Crippen MR) is 122 cm³/mol. The number of aliphatic carboxylic acids is 1. The van der Waals surface area contributed by atoms with Crippen LogP contribution in [0.1, 0.15) is 12.1 Å². The Morgan fingerprint density at radius 2 is 1.62 bits per heavy atom. The highest BCUT2D eigenvalue weighted by Crippen LogP contribution is 2.25. The molecule has 0 saturated carbocycles. The van der Waals surface area contributed by atoms with Crippen molar-refractivity contribution in [3.63, 3.8) is 0 Å². The average molecular weight is 476 g/mol.